The molecule has 0 radical (unpaired) electrons. The Bertz CT molecular complexity index is 2710. The van der Waals surface area contributed by atoms with E-state index in [9.17, 15) is 40.3 Å². The number of aromatic nitrogens is 1. The third-order valence-electron chi connectivity index (χ3n) is 8.47. The van der Waals surface area contributed by atoms with Crippen LogP contribution < -0.4 is 10.9 Å². The first kappa shape index (κ1) is 31.9. The standard InChI is InChI=1S/C35H24N2O10S2/c1-37-27-16-15-26(36-25-14-13-21(48(41,42)43)17-28(25)49(44,45)46)30-31(27)29(23-11-4-5-12-24(23)33(30)38)32(34(37)39)35(40)47-18-20-9-6-8-19-7-2-3-10-22(19)20/h2-17,36H,18H2,1H3,(H,41,42,43)(H,44,45,46). The average molecular weight is 697 g/mol. The lowest BCUT2D eigenvalue weighted by Gasteiger charge is -2.25. The van der Waals surface area contributed by atoms with E-state index in [-0.39, 0.29) is 51.1 Å². The maximum atomic E-state index is 14.2. The van der Waals surface area contributed by atoms with Crippen molar-refractivity contribution in [2.75, 3.05) is 5.32 Å². The molecule has 246 valence electrons. The molecule has 0 bridgehead atoms. The van der Waals surface area contributed by atoms with Crippen molar-refractivity contribution in [3.05, 3.63) is 130 Å². The zero-order chi connectivity index (χ0) is 34.8. The van der Waals surface area contributed by atoms with Crippen molar-refractivity contribution >= 4 is 65.0 Å². The van der Waals surface area contributed by atoms with E-state index < -0.39 is 47.3 Å². The summed E-state index contributed by atoms with van der Waals surface area (Å²) >= 11 is 0. The maximum Gasteiger partial charge on any atom is 0.344 e. The second-order valence-electron chi connectivity index (χ2n) is 11.3. The summed E-state index contributed by atoms with van der Waals surface area (Å²) in [5, 5.41) is 4.81. The molecule has 5 aromatic carbocycles. The number of nitrogens with one attached hydrogen (secondary N) is 1. The van der Waals surface area contributed by atoms with Crippen LogP contribution in [0.1, 0.15) is 31.8 Å². The number of ether oxygens (including phenoxy) is 1. The number of carbonyl (C=O) groups excluding carboxylic acids is 2. The van der Waals surface area contributed by atoms with Crippen molar-refractivity contribution < 1.29 is 40.3 Å². The Morgan fingerprint density at radius 2 is 1.45 bits per heavy atom. The predicted molar refractivity (Wildman–Crippen MR) is 180 cm³/mol. The molecule has 7 rings (SSSR count). The molecule has 0 unspecified atom stereocenters. The second kappa shape index (κ2) is 11.5. The Kier molecular flexibility index (Phi) is 7.48. The van der Waals surface area contributed by atoms with Crippen molar-refractivity contribution in [2.45, 2.75) is 16.4 Å². The van der Waals surface area contributed by atoms with Crippen molar-refractivity contribution in [3.8, 4) is 11.1 Å². The number of fused-ring (bicyclic) bond motifs is 3. The molecule has 14 heteroatoms. The van der Waals surface area contributed by atoms with Gasteiger partial charge in [-0.25, -0.2) is 4.79 Å². The highest BCUT2D eigenvalue weighted by Gasteiger charge is 2.34. The van der Waals surface area contributed by atoms with Gasteiger partial charge in [0.25, 0.3) is 25.8 Å². The number of anilines is 2. The molecular weight excluding hydrogens is 673 g/mol. The van der Waals surface area contributed by atoms with Gasteiger partial charge in [-0.05, 0) is 52.2 Å². The summed E-state index contributed by atoms with van der Waals surface area (Å²) in [5.74, 6) is -1.44. The Morgan fingerprint density at radius 1 is 0.776 bits per heavy atom. The minimum Gasteiger partial charge on any atom is -0.457 e. The molecule has 0 atom stereocenters. The highest BCUT2D eigenvalue weighted by Crippen LogP contribution is 2.44. The van der Waals surface area contributed by atoms with Gasteiger partial charge in [-0.2, -0.15) is 16.8 Å². The molecule has 0 saturated carbocycles. The van der Waals surface area contributed by atoms with Gasteiger partial charge in [0, 0.05) is 23.6 Å². The molecule has 3 N–H and O–H groups in total. The molecule has 1 aromatic heterocycles. The second-order valence-corrected chi connectivity index (χ2v) is 14.1. The van der Waals surface area contributed by atoms with Gasteiger partial charge in [-0.3, -0.25) is 18.7 Å². The first-order chi connectivity index (χ1) is 23.3. The first-order valence-corrected chi connectivity index (χ1v) is 17.5. The van der Waals surface area contributed by atoms with Gasteiger partial charge in [0.2, 0.25) is 0 Å². The maximum absolute atomic E-state index is 14.2. The monoisotopic (exact) mass is 696 g/mol. The van der Waals surface area contributed by atoms with Crippen LogP contribution in [0.4, 0.5) is 11.4 Å². The van der Waals surface area contributed by atoms with Gasteiger partial charge in [0.1, 0.15) is 17.1 Å². The number of carbonyl (C=O) groups is 2. The molecule has 0 saturated heterocycles. The lowest BCUT2D eigenvalue weighted by Crippen LogP contribution is -2.29. The number of ketones is 1. The van der Waals surface area contributed by atoms with E-state index in [1.165, 1.54) is 29.8 Å². The van der Waals surface area contributed by atoms with Gasteiger partial charge < -0.3 is 14.6 Å². The number of pyridine rings is 1. The zero-order valence-corrected chi connectivity index (χ0v) is 27.0. The molecule has 6 aromatic rings. The third-order valence-corrected chi connectivity index (χ3v) is 10.2. The van der Waals surface area contributed by atoms with Gasteiger partial charge in [-0.15, -0.1) is 0 Å². The predicted octanol–water partition coefficient (Wildman–Crippen LogP) is 5.50. The van der Waals surface area contributed by atoms with Crippen LogP contribution in [0, 0.1) is 0 Å². The Morgan fingerprint density at radius 3 is 2.18 bits per heavy atom. The molecule has 1 heterocycles. The lowest BCUT2D eigenvalue weighted by atomic mass is 9.81. The van der Waals surface area contributed by atoms with Crippen molar-refractivity contribution in [1.29, 1.82) is 0 Å². The number of esters is 1. The minimum atomic E-state index is -5.06. The zero-order valence-electron chi connectivity index (χ0n) is 25.4. The topological polar surface area (TPSA) is 186 Å². The van der Waals surface area contributed by atoms with E-state index >= 15 is 0 Å². The number of aryl methyl sites for hydroxylation is 1. The largest absolute Gasteiger partial charge is 0.457 e. The minimum absolute atomic E-state index is 0.0199. The van der Waals surface area contributed by atoms with Crippen molar-refractivity contribution in [3.63, 3.8) is 0 Å². The highest BCUT2D eigenvalue weighted by molar-refractivity contribution is 7.86. The van der Waals surface area contributed by atoms with E-state index in [2.05, 4.69) is 5.32 Å². The summed E-state index contributed by atoms with van der Waals surface area (Å²) in [6.45, 7) is -0.145. The number of hydrogen-bond acceptors (Lipinski definition) is 9. The van der Waals surface area contributed by atoms with Crippen molar-refractivity contribution in [2.24, 2.45) is 7.05 Å². The normalized spacial score (nSPS) is 12.6. The van der Waals surface area contributed by atoms with Crippen molar-refractivity contribution in [1.82, 2.24) is 4.57 Å². The van der Waals surface area contributed by atoms with E-state index in [4.69, 9.17) is 4.74 Å². The van der Waals surface area contributed by atoms with E-state index in [1.807, 2.05) is 42.5 Å². The number of rotatable bonds is 7. The van der Waals surface area contributed by atoms with Gasteiger partial charge >= 0.3 is 5.97 Å². The number of benzene rings is 5. The fourth-order valence-electron chi connectivity index (χ4n) is 6.22. The van der Waals surface area contributed by atoms with Crippen LogP contribution in [-0.2, 0) is 38.6 Å². The number of hydrogen-bond donors (Lipinski definition) is 3. The molecular formula is C35H24N2O10S2. The summed E-state index contributed by atoms with van der Waals surface area (Å²) in [4.78, 5) is 40.3. The van der Waals surface area contributed by atoms with E-state index in [0.717, 1.165) is 28.5 Å². The third kappa shape index (κ3) is 5.36. The average Bonchev–Trinajstić information content (AvgIpc) is 3.07. The van der Waals surface area contributed by atoms with Crippen LogP contribution in [-0.4, -0.2) is 42.3 Å². The first-order valence-electron chi connectivity index (χ1n) is 14.6. The van der Waals surface area contributed by atoms with Crippen LogP contribution in [0.25, 0.3) is 32.8 Å². The van der Waals surface area contributed by atoms with E-state index in [1.54, 1.807) is 18.2 Å². The Balaban J connectivity index is 1.43. The molecule has 12 nitrogen and oxygen atoms in total. The summed E-state index contributed by atoms with van der Waals surface area (Å²) in [6, 6.07) is 24.9. The molecule has 0 spiro atoms. The molecule has 1 aliphatic carbocycles. The SMILES string of the molecule is Cn1c(=O)c(C(=O)OCc2cccc3ccccc23)c2c3c(c(Nc4ccc(S(=O)(=O)O)cc4S(=O)(=O)O)ccc31)C(=O)c1ccccc1-2. The van der Waals surface area contributed by atoms with Gasteiger partial charge in [-0.1, -0.05) is 66.7 Å². The molecule has 0 amide bonds. The fraction of sp³-hybridized carbons (Fsp3) is 0.0571. The quantitative estimate of drug-likeness (QED) is 0.141. The molecule has 1 aliphatic rings. The van der Waals surface area contributed by atoms with Crippen LogP contribution in [0.2, 0.25) is 0 Å². The lowest BCUT2D eigenvalue weighted by molar-refractivity contribution is 0.0472. The van der Waals surface area contributed by atoms with Crippen LogP contribution in [0.3, 0.4) is 0 Å². The smallest absolute Gasteiger partial charge is 0.344 e. The van der Waals surface area contributed by atoms with E-state index in [0.29, 0.717) is 11.6 Å². The molecule has 0 fully saturated rings. The summed E-state index contributed by atoms with van der Waals surface area (Å²) < 4.78 is 74.4. The van der Waals surface area contributed by atoms with Crippen LogP contribution >= 0.6 is 0 Å². The van der Waals surface area contributed by atoms with Crippen LogP contribution in [0.15, 0.2) is 112 Å². The Labute approximate surface area is 278 Å². The van der Waals surface area contributed by atoms with Crippen LogP contribution in [0.5, 0.6) is 0 Å². The summed E-state index contributed by atoms with van der Waals surface area (Å²) in [6.07, 6.45) is 0. The Hall–Kier alpha value is -5.67. The van der Waals surface area contributed by atoms with Gasteiger partial charge in [0.15, 0.2) is 5.78 Å². The molecule has 0 aliphatic heterocycles. The highest BCUT2D eigenvalue weighted by atomic mass is 32.2. The summed E-state index contributed by atoms with van der Waals surface area (Å²) in [7, 11) is -8.46. The molecule has 49 heavy (non-hydrogen) atoms. The fourth-order valence-corrected chi connectivity index (χ4v) is 7.48. The van der Waals surface area contributed by atoms with Gasteiger partial charge in [0.05, 0.1) is 27.4 Å². The summed E-state index contributed by atoms with van der Waals surface area (Å²) in [5.41, 5.74) is 0.300. The number of nitrogens with zero attached hydrogens (tertiary/aromatic N) is 1.